The molecule has 0 aliphatic carbocycles. The second kappa shape index (κ2) is 4.74. The lowest BCUT2D eigenvalue weighted by Gasteiger charge is -2.35. The van der Waals surface area contributed by atoms with Gasteiger partial charge in [0.15, 0.2) is 5.12 Å². The van der Waals surface area contributed by atoms with Crippen LogP contribution in [0.3, 0.4) is 0 Å². The molecule has 1 aromatic rings. The molecule has 1 aliphatic heterocycles. The van der Waals surface area contributed by atoms with Gasteiger partial charge in [0.2, 0.25) is 0 Å². The van der Waals surface area contributed by atoms with Gasteiger partial charge in [-0.2, -0.15) is 0 Å². The van der Waals surface area contributed by atoms with Crippen molar-refractivity contribution < 1.29 is 13.6 Å². The van der Waals surface area contributed by atoms with Gasteiger partial charge in [-0.1, -0.05) is 44.2 Å². The van der Waals surface area contributed by atoms with Crippen LogP contribution in [0.4, 0.5) is 0 Å². The van der Waals surface area contributed by atoms with Gasteiger partial charge in [-0.3, -0.25) is 4.57 Å². The molecule has 0 N–H and O–H groups in total. The van der Waals surface area contributed by atoms with E-state index in [1.54, 1.807) is 0 Å². The number of rotatable bonds is 2. The van der Waals surface area contributed by atoms with Gasteiger partial charge >= 0.3 is 7.60 Å². The highest BCUT2D eigenvalue weighted by Crippen LogP contribution is 2.65. The predicted molar refractivity (Wildman–Crippen MR) is 68.3 cm³/mol. The van der Waals surface area contributed by atoms with E-state index in [0.29, 0.717) is 13.2 Å². The molecular weight excluding hydrogens is 259 g/mol. The van der Waals surface area contributed by atoms with Crippen molar-refractivity contribution in [2.45, 2.75) is 19.0 Å². The van der Waals surface area contributed by atoms with Crippen LogP contribution < -0.4 is 0 Å². The lowest BCUT2D eigenvalue weighted by atomic mass is 9.97. The molecule has 0 aromatic heterocycles. The molecule has 1 heterocycles. The topological polar surface area (TPSA) is 35.5 Å². The van der Waals surface area contributed by atoms with Crippen molar-refractivity contribution in [1.82, 2.24) is 0 Å². The van der Waals surface area contributed by atoms with Crippen LogP contribution in [0.15, 0.2) is 30.3 Å². The van der Waals surface area contributed by atoms with Crippen molar-refractivity contribution in [3.63, 3.8) is 0 Å². The fourth-order valence-corrected chi connectivity index (χ4v) is 3.95. The van der Waals surface area contributed by atoms with E-state index in [4.69, 9.17) is 20.6 Å². The molecule has 5 heteroatoms. The maximum Gasteiger partial charge on any atom is 0.352 e. The Bertz CT molecular complexity index is 419. The Morgan fingerprint density at radius 1 is 1.24 bits per heavy atom. The smallest absolute Gasteiger partial charge is 0.307 e. The average Bonchev–Trinajstić information content (AvgIpc) is 2.34. The number of hydrogen-bond donors (Lipinski definition) is 0. The lowest BCUT2D eigenvalue weighted by molar-refractivity contribution is 0.0403. The molecule has 1 fully saturated rings. The predicted octanol–water partition coefficient (Wildman–Crippen LogP) is 4.19. The second-order valence-electron chi connectivity index (χ2n) is 5.00. The third-order valence-electron chi connectivity index (χ3n) is 2.62. The molecule has 0 saturated carbocycles. The molecule has 0 radical (unpaired) electrons. The molecule has 1 aromatic carbocycles. The highest BCUT2D eigenvalue weighted by molar-refractivity contribution is 7.56. The summed E-state index contributed by atoms with van der Waals surface area (Å²) in [5.41, 5.74) is 0.651. The Morgan fingerprint density at radius 3 is 2.29 bits per heavy atom. The summed E-state index contributed by atoms with van der Waals surface area (Å²) in [6, 6.07) is 9.23. The quantitative estimate of drug-likeness (QED) is 0.599. The fraction of sp³-hybridized carbons (Fsp3) is 0.500. The third-order valence-corrected chi connectivity index (χ3v) is 5.42. The van der Waals surface area contributed by atoms with Gasteiger partial charge < -0.3 is 9.05 Å². The first-order valence-corrected chi connectivity index (χ1v) is 7.56. The van der Waals surface area contributed by atoms with Crippen LogP contribution in [0.5, 0.6) is 0 Å². The van der Waals surface area contributed by atoms with Gasteiger partial charge in [-0.15, -0.1) is 11.6 Å². The summed E-state index contributed by atoms with van der Waals surface area (Å²) in [5, 5.41) is -0.736. The van der Waals surface area contributed by atoms with Crippen molar-refractivity contribution in [3.05, 3.63) is 35.9 Å². The van der Waals surface area contributed by atoms with Crippen LogP contribution in [0.25, 0.3) is 0 Å². The van der Waals surface area contributed by atoms with E-state index >= 15 is 0 Å². The minimum atomic E-state index is -3.24. The standard InChI is InChI=1S/C12H16ClO3P/c1-12(2)8-15-17(14,16-9-12)11(13)10-6-4-3-5-7-10/h3-7,11H,8-9H2,1-2H3. The summed E-state index contributed by atoms with van der Waals surface area (Å²) in [6.45, 7) is 4.81. The molecule has 1 unspecified atom stereocenters. The van der Waals surface area contributed by atoms with Crippen LogP contribution in [-0.2, 0) is 13.6 Å². The average molecular weight is 275 g/mol. The minimum absolute atomic E-state index is 0.110. The van der Waals surface area contributed by atoms with Gasteiger partial charge in [0, 0.05) is 5.41 Å². The van der Waals surface area contributed by atoms with E-state index < -0.39 is 12.7 Å². The number of halogens is 1. The fourth-order valence-electron chi connectivity index (χ4n) is 1.53. The molecule has 1 aliphatic rings. The van der Waals surface area contributed by atoms with Crippen molar-refractivity contribution in [2.24, 2.45) is 5.41 Å². The van der Waals surface area contributed by atoms with Crippen LogP contribution >= 0.6 is 19.2 Å². The summed E-state index contributed by atoms with van der Waals surface area (Å²) in [7, 11) is -3.24. The van der Waals surface area contributed by atoms with Gasteiger partial charge in [0.05, 0.1) is 13.2 Å². The van der Waals surface area contributed by atoms with E-state index in [9.17, 15) is 4.57 Å². The molecule has 1 atom stereocenters. The van der Waals surface area contributed by atoms with E-state index in [1.165, 1.54) is 0 Å². The first-order chi connectivity index (χ1) is 7.93. The molecule has 0 amide bonds. The Hall–Kier alpha value is -0.340. The summed E-state index contributed by atoms with van der Waals surface area (Å²) in [5.74, 6) is 0. The Labute approximate surface area is 107 Å². The normalized spacial score (nSPS) is 24.2. The molecule has 1 saturated heterocycles. The van der Waals surface area contributed by atoms with E-state index in [2.05, 4.69) is 0 Å². The molecule has 0 bridgehead atoms. The molecule has 3 nitrogen and oxygen atoms in total. The maximum absolute atomic E-state index is 12.4. The molecule has 0 spiro atoms. The van der Waals surface area contributed by atoms with Gasteiger partial charge in [-0.25, -0.2) is 0 Å². The first-order valence-electron chi connectivity index (χ1n) is 5.51. The summed E-state index contributed by atoms with van der Waals surface area (Å²) < 4.78 is 23.2. The number of alkyl halides is 1. The molecular formula is C12H16ClO3P. The number of hydrogen-bond acceptors (Lipinski definition) is 3. The molecule has 17 heavy (non-hydrogen) atoms. The Morgan fingerprint density at radius 2 is 1.76 bits per heavy atom. The maximum atomic E-state index is 12.4. The van der Waals surface area contributed by atoms with Gasteiger partial charge in [0.25, 0.3) is 0 Å². The number of benzene rings is 1. The highest BCUT2D eigenvalue weighted by atomic mass is 35.5. The Balaban J connectivity index is 2.15. The Kier molecular flexibility index (Phi) is 3.65. The summed E-state index contributed by atoms with van der Waals surface area (Å²) in [6.07, 6.45) is 0. The second-order valence-corrected chi connectivity index (χ2v) is 7.85. The van der Waals surface area contributed by atoms with Crippen LogP contribution in [0, 0.1) is 5.41 Å². The van der Waals surface area contributed by atoms with Crippen molar-refractivity contribution in [2.75, 3.05) is 13.2 Å². The summed E-state index contributed by atoms with van der Waals surface area (Å²) in [4.78, 5) is 0. The van der Waals surface area contributed by atoms with Crippen LogP contribution in [0.2, 0.25) is 0 Å². The van der Waals surface area contributed by atoms with Crippen molar-refractivity contribution in [3.8, 4) is 0 Å². The SMILES string of the molecule is CC1(C)COP(=O)(C(Cl)c2ccccc2)OC1. The van der Waals surface area contributed by atoms with Crippen LogP contribution in [-0.4, -0.2) is 13.2 Å². The monoisotopic (exact) mass is 274 g/mol. The van der Waals surface area contributed by atoms with Crippen molar-refractivity contribution in [1.29, 1.82) is 0 Å². The lowest BCUT2D eigenvalue weighted by Crippen LogP contribution is -2.30. The van der Waals surface area contributed by atoms with E-state index in [1.807, 2.05) is 44.2 Å². The van der Waals surface area contributed by atoms with Gasteiger partial charge in [-0.05, 0) is 5.56 Å². The van der Waals surface area contributed by atoms with Crippen LogP contribution in [0.1, 0.15) is 24.5 Å². The molecule has 94 valence electrons. The summed E-state index contributed by atoms with van der Waals surface area (Å²) >= 11 is 6.21. The van der Waals surface area contributed by atoms with Crippen molar-refractivity contribution >= 4 is 19.2 Å². The zero-order valence-electron chi connectivity index (χ0n) is 9.93. The van der Waals surface area contributed by atoms with E-state index in [-0.39, 0.29) is 5.41 Å². The third kappa shape index (κ3) is 2.92. The first kappa shape index (κ1) is 13.1. The minimum Gasteiger partial charge on any atom is -0.307 e. The van der Waals surface area contributed by atoms with E-state index in [0.717, 1.165) is 5.56 Å². The zero-order valence-corrected chi connectivity index (χ0v) is 11.6. The highest BCUT2D eigenvalue weighted by Gasteiger charge is 2.42. The largest absolute Gasteiger partial charge is 0.352 e. The zero-order chi connectivity index (χ0) is 12.5. The molecule has 2 rings (SSSR count). The van der Waals surface area contributed by atoms with Gasteiger partial charge in [0.1, 0.15) is 0 Å².